The summed E-state index contributed by atoms with van der Waals surface area (Å²) in [5, 5.41) is 3.00. The van der Waals surface area contributed by atoms with Crippen molar-refractivity contribution < 1.29 is 4.79 Å². The van der Waals surface area contributed by atoms with E-state index >= 15 is 0 Å². The lowest BCUT2D eigenvalue weighted by Gasteiger charge is -2.16. The van der Waals surface area contributed by atoms with Crippen molar-refractivity contribution in [2.75, 3.05) is 0 Å². The van der Waals surface area contributed by atoms with Crippen LogP contribution in [0.15, 0.2) is 24.3 Å². The van der Waals surface area contributed by atoms with Crippen LogP contribution in [0.1, 0.15) is 43.9 Å². The summed E-state index contributed by atoms with van der Waals surface area (Å²) in [4.78, 5) is 11.7. The smallest absolute Gasteiger partial charge is 0.220 e. The van der Waals surface area contributed by atoms with Crippen LogP contribution < -0.4 is 11.1 Å². The highest BCUT2D eigenvalue weighted by molar-refractivity contribution is 5.76. The second kappa shape index (κ2) is 6.40. The minimum atomic E-state index is 0.0526. The van der Waals surface area contributed by atoms with Crippen LogP contribution in [-0.2, 0) is 4.79 Å². The van der Waals surface area contributed by atoms with Crippen molar-refractivity contribution in [2.45, 2.75) is 45.7 Å². The largest absolute Gasteiger partial charge is 0.350 e. The van der Waals surface area contributed by atoms with Crippen LogP contribution in [0.25, 0.3) is 0 Å². The Balaban J connectivity index is 2.52. The number of amides is 1. The third-order valence-electron chi connectivity index (χ3n) is 2.86. The molecule has 0 saturated carbocycles. The molecule has 0 saturated heterocycles. The highest BCUT2D eigenvalue weighted by Crippen LogP contribution is 2.16. The summed E-state index contributed by atoms with van der Waals surface area (Å²) < 4.78 is 0. The highest BCUT2D eigenvalue weighted by atomic mass is 16.1. The van der Waals surface area contributed by atoms with Crippen molar-refractivity contribution in [1.29, 1.82) is 0 Å². The van der Waals surface area contributed by atoms with Crippen LogP contribution in [0.5, 0.6) is 0 Å². The van der Waals surface area contributed by atoms with Crippen molar-refractivity contribution in [3.63, 3.8) is 0 Å². The molecule has 0 radical (unpaired) electrons. The number of benzene rings is 1. The van der Waals surface area contributed by atoms with E-state index in [4.69, 9.17) is 5.73 Å². The fourth-order valence-corrected chi connectivity index (χ4v) is 1.82. The van der Waals surface area contributed by atoms with E-state index in [2.05, 4.69) is 18.3 Å². The minimum absolute atomic E-state index is 0.0526. The van der Waals surface area contributed by atoms with Crippen molar-refractivity contribution in [2.24, 2.45) is 5.73 Å². The first-order valence-corrected chi connectivity index (χ1v) is 6.11. The van der Waals surface area contributed by atoms with Gasteiger partial charge in [0, 0.05) is 12.5 Å². The van der Waals surface area contributed by atoms with E-state index < -0.39 is 0 Å². The Morgan fingerprint density at radius 2 is 2.00 bits per heavy atom. The molecule has 0 aliphatic carbocycles. The Hall–Kier alpha value is -1.35. The lowest BCUT2D eigenvalue weighted by atomic mass is 10.0. The van der Waals surface area contributed by atoms with E-state index in [0.717, 1.165) is 6.42 Å². The molecule has 0 aromatic heterocycles. The third kappa shape index (κ3) is 4.57. The van der Waals surface area contributed by atoms with E-state index in [-0.39, 0.29) is 18.0 Å². The lowest BCUT2D eigenvalue weighted by molar-refractivity contribution is -0.121. The van der Waals surface area contributed by atoms with E-state index in [0.29, 0.717) is 6.42 Å². The molecule has 2 atom stereocenters. The van der Waals surface area contributed by atoms with E-state index in [1.165, 1.54) is 11.1 Å². The molecule has 17 heavy (non-hydrogen) atoms. The van der Waals surface area contributed by atoms with Gasteiger partial charge in [0.25, 0.3) is 0 Å². The fraction of sp³-hybridized carbons (Fsp3) is 0.500. The first kappa shape index (κ1) is 13.7. The predicted octanol–water partition coefficient (Wildman–Crippen LogP) is 2.30. The van der Waals surface area contributed by atoms with Gasteiger partial charge in [0.15, 0.2) is 0 Å². The maximum Gasteiger partial charge on any atom is 0.220 e. The molecule has 94 valence electrons. The number of hydrogen-bond donors (Lipinski definition) is 2. The van der Waals surface area contributed by atoms with Crippen molar-refractivity contribution in [3.05, 3.63) is 35.4 Å². The molecule has 0 spiro atoms. The molecule has 3 N–H and O–H groups in total. The van der Waals surface area contributed by atoms with E-state index in [1.54, 1.807) is 0 Å². The van der Waals surface area contributed by atoms with Crippen molar-refractivity contribution >= 4 is 5.91 Å². The summed E-state index contributed by atoms with van der Waals surface area (Å²) in [6.45, 7) is 5.98. The molecule has 1 unspecified atom stereocenters. The average molecular weight is 234 g/mol. The first-order valence-electron chi connectivity index (χ1n) is 6.11. The molecular formula is C14H22N2O. The lowest BCUT2D eigenvalue weighted by Crippen LogP contribution is -2.28. The van der Waals surface area contributed by atoms with Crippen LogP contribution in [0.4, 0.5) is 0 Å². The number of nitrogens with one attached hydrogen (secondary N) is 1. The molecule has 3 nitrogen and oxygen atoms in total. The predicted molar refractivity (Wildman–Crippen MR) is 70.6 cm³/mol. The first-order chi connectivity index (χ1) is 8.00. The summed E-state index contributed by atoms with van der Waals surface area (Å²) in [6, 6.07) is 8.23. The van der Waals surface area contributed by atoms with Crippen molar-refractivity contribution in [3.8, 4) is 0 Å². The SMILES string of the molecule is Cc1ccccc1[C@@H](C)NC(=O)CCC(C)N. The molecule has 1 aromatic rings. The topological polar surface area (TPSA) is 55.1 Å². The maximum atomic E-state index is 11.7. The summed E-state index contributed by atoms with van der Waals surface area (Å²) in [7, 11) is 0. The Morgan fingerprint density at radius 3 is 2.59 bits per heavy atom. The second-order valence-corrected chi connectivity index (χ2v) is 4.66. The number of aryl methyl sites for hydroxylation is 1. The van der Waals surface area contributed by atoms with Gasteiger partial charge in [-0.05, 0) is 38.3 Å². The maximum absolute atomic E-state index is 11.7. The van der Waals surface area contributed by atoms with Crippen molar-refractivity contribution in [1.82, 2.24) is 5.32 Å². The second-order valence-electron chi connectivity index (χ2n) is 4.66. The molecule has 0 bridgehead atoms. The molecule has 3 heteroatoms. The van der Waals surface area contributed by atoms with Crippen LogP contribution in [0.3, 0.4) is 0 Å². The molecule has 1 amide bonds. The van der Waals surface area contributed by atoms with Gasteiger partial charge >= 0.3 is 0 Å². The molecular weight excluding hydrogens is 212 g/mol. The fourth-order valence-electron chi connectivity index (χ4n) is 1.82. The minimum Gasteiger partial charge on any atom is -0.350 e. The van der Waals surface area contributed by atoms with Gasteiger partial charge in [-0.1, -0.05) is 24.3 Å². The monoisotopic (exact) mass is 234 g/mol. The molecule has 0 aliphatic heterocycles. The molecule has 0 aliphatic rings. The summed E-state index contributed by atoms with van der Waals surface area (Å²) in [5.74, 6) is 0.0676. The van der Waals surface area contributed by atoms with Crippen LogP contribution in [0, 0.1) is 6.92 Å². The number of carbonyl (C=O) groups is 1. The zero-order valence-corrected chi connectivity index (χ0v) is 10.9. The van der Waals surface area contributed by atoms with Gasteiger partial charge in [0.1, 0.15) is 0 Å². The quantitative estimate of drug-likeness (QED) is 0.821. The Morgan fingerprint density at radius 1 is 1.35 bits per heavy atom. The Bertz CT molecular complexity index is 374. The van der Waals surface area contributed by atoms with Crippen LogP contribution in [-0.4, -0.2) is 11.9 Å². The van der Waals surface area contributed by atoms with Gasteiger partial charge < -0.3 is 11.1 Å². The molecule has 1 rings (SSSR count). The summed E-state index contributed by atoms with van der Waals surface area (Å²) in [6.07, 6.45) is 1.22. The van der Waals surface area contributed by atoms with E-state index in [1.807, 2.05) is 32.0 Å². The zero-order valence-electron chi connectivity index (χ0n) is 10.9. The highest BCUT2D eigenvalue weighted by Gasteiger charge is 2.11. The third-order valence-corrected chi connectivity index (χ3v) is 2.86. The van der Waals surface area contributed by atoms with Gasteiger partial charge in [-0.15, -0.1) is 0 Å². The van der Waals surface area contributed by atoms with Gasteiger partial charge in [-0.25, -0.2) is 0 Å². The summed E-state index contributed by atoms with van der Waals surface area (Å²) >= 11 is 0. The molecule has 1 aromatic carbocycles. The van der Waals surface area contributed by atoms with Crippen LogP contribution in [0.2, 0.25) is 0 Å². The van der Waals surface area contributed by atoms with Crippen LogP contribution >= 0.6 is 0 Å². The normalized spacial score (nSPS) is 14.1. The van der Waals surface area contributed by atoms with Gasteiger partial charge in [-0.2, -0.15) is 0 Å². The van der Waals surface area contributed by atoms with Gasteiger partial charge in [0.2, 0.25) is 5.91 Å². The van der Waals surface area contributed by atoms with Gasteiger partial charge in [0.05, 0.1) is 6.04 Å². The molecule has 0 fully saturated rings. The Kier molecular flexibility index (Phi) is 5.16. The number of hydrogen-bond acceptors (Lipinski definition) is 2. The number of rotatable bonds is 5. The van der Waals surface area contributed by atoms with Gasteiger partial charge in [-0.3, -0.25) is 4.79 Å². The van der Waals surface area contributed by atoms with E-state index in [9.17, 15) is 4.79 Å². The Labute approximate surface area is 103 Å². The molecule has 0 heterocycles. The number of nitrogens with two attached hydrogens (primary N) is 1. The average Bonchev–Trinajstić information content (AvgIpc) is 2.26. The number of carbonyl (C=O) groups excluding carboxylic acids is 1. The zero-order chi connectivity index (χ0) is 12.8. The standard InChI is InChI=1S/C14H22N2O/c1-10-6-4-5-7-13(10)12(3)16-14(17)9-8-11(2)15/h4-7,11-12H,8-9,15H2,1-3H3,(H,16,17)/t11?,12-/m1/s1. The summed E-state index contributed by atoms with van der Waals surface area (Å²) in [5.41, 5.74) is 8.00.